The first-order valence-corrected chi connectivity index (χ1v) is 8.70. The van der Waals surface area contributed by atoms with Crippen LogP contribution in [0, 0.1) is 0 Å². The smallest absolute Gasteiger partial charge is 0.169 e. The minimum Gasteiger partial charge on any atom is -0.399 e. The molecular formula is C21H21N5. The van der Waals surface area contributed by atoms with Crippen molar-refractivity contribution in [3.05, 3.63) is 71.9 Å². The van der Waals surface area contributed by atoms with Crippen molar-refractivity contribution in [3.63, 3.8) is 0 Å². The molecule has 5 heteroatoms. The molecule has 0 saturated carbocycles. The molecule has 0 aliphatic heterocycles. The summed E-state index contributed by atoms with van der Waals surface area (Å²) >= 11 is 0. The summed E-state index contributed by atoms with van der Waals surface area (Å²) in [5, 5.41) is 3.33. The van der Waals surface area contributed by atoms with E-state index in [1.165, 1.54) is 16.7 Å². The number of anilines is 3. The molecule has 1 aliphatic carbocycles. The summed E-state index contributed by atoms with van der Waals surface area (Å²) < 4.78 is 0. The van der Waals surface area contributed by atoms with Crippen LogP contribution in [0.1, 0.15) is 17.5 Å². The summed E-state index contributed by atoms with van der Waals surface area (Å²) in [6, 6.07) is 16.1. The Hall–Kier alpha value is -3.34. The Balaban J connectivity index is 1.45. The van der Waals surface area contributed by atoms with Crippen LogP contribution in [0.2, 0.25) is 0 Å². The van der Waals surface area contributed by atoms with Crippen molar-refractivity contribution in [1.29, 1.82) is 0 Å². The highest BCUT2D eigenvalue weighted by Crippen LogP contribution is 2.29. The third kappa shape index (κ3) is 3.24. The molecule has 1 aliphatic rings. The molecule has 5 nitrogen and oxygen atoms in total. The maximum absolute atomic E-state index is 5.99. The fraction of sp³-hybridized carbons (Fsp3) is 0.143. The highest BCUT2D eigenvalue weighted by Gasteiger charge is 2.13. The SMILES string of the molecule is Nc1ccc(-c2cnc(N)c(NCCC3=CCc4ccccc43)n2)cc1. The van der Waals surface area contributed by atoms with Gasteiger partial charge in [-0.05, 0) is 41.7 Å². The van der Waals surface area contributed by atoms with Gasteiger partial charge in [-0.3, -0.25) is 0 Å². The number of nitrogen functional groups attached to an aromatic ring is 2. The third-order valence-electron chi connectivity index (χ3n) is 4.63. The van der Waals surface area contributed by atoms with E-state index in [0.717, 1.165) is 36.3 Å². The summed E-state index contributed by atoms with van der Waals surface area (Å²) in [6.07, 6.45) is 5.91. The summed E-state index contributed by atoms with van der Waals surface area (Å²) in [5.41, 5.74) is 18.3. The zero-order chi connectivity index (χ0) is 17.9. The van der Waals surface area contributed by atoms with Gasteiger partial charge in [0.1, 0.15) is 0 Å². The normalized spacial score (nSPS) is 12.5. The molecule has 1 heterocycles. The van der Waals surface area contributed by atoms with Gasteiger partial charge in [-0.1, -0.05) is 42.5 Å². The highest BCUT2D eigenvalue weighted by molar-refractivity contribution is 5.73. The lowest BCUT2D eigenvalue weighted by Crippen LogP contribution is -2.08. The minimum absolute atomic E-state index is 0.407. The third-order valence-corrected chi connectivity index (χ3v) is 4.63. The van der Waals surface area contributed by atoms with Gasteiger partial charge in [0.25, 0.3) is 0 Å². The standard InChI is InChI=1S/C21H21N5/c22-17-9-7-16(8-10-17)19-13-25-20(23)21(26-19)24-12-11-15-6-5-14-3-1-2-4-18(14)15/h1-4,6-10,13H,5,11-12,22H2,(H2,23,25)(H,24,26). The Morgan fingerprint density at radius 3 is 2.65 bits per heavy atom. The molecule has 26 heavy (non-hydrogen) atoms. The number of fused-ring (bicyclic) bond motifs is 1. The predicted molar refractivity (Wildman–Crippen MR) is 108 cm³/mol. The Bertz CT molecular complexity index is 960. The second kappa shape index (κ2) is 6.88. The molecule has 0 unspecified atom stereocenters. The number of benzene rings is 2. The van der Waals surface area contributed by atoms with Crippen LogP contribution in [0.4, 0.5) is 17.3 Å². The first-order valence-electron chi connectivity index (χ1n) is 8.70. The lowest BCUT2D eigenvalue weighted by atomic mass is 10.0. The van der Waals surface area contributed by atoms with Gasteiger partial charge < -0.3 is 16.8 Å². The van der Waals surface area contributed by atoms with E-state index in [1.54, 1.807) is 6.20 Å². The van der Waals surface area contributed by atoms with Crippen molar-refractivity contribution in [2.45, 2.75) is 12.8 Å². The van der Waals surface area contributed by atoms with Gasteiger partial charge in [0.05, 0.1) is 11.9 Å². The Morgan fingerprint density at radius 2 is 1.81 bits per heavy atom. The Morgan fingerprint density at radius 1 is 1.00 bits per heavy atom. The number of hydrogen-bond acceptors (Lipinski definition) is 5. The average molecular weight is 343 g/mol. The lowest BCUT2D eigenvalue weighted by molar-refractivity contribution is 1.05. The number of nitrogens with two attached hydrogens (primary N) is 2. The van der Waals surface area contributed by atoms with Gasteiger partial charge in [-0.2, -0.15) is 0 Å². The zero-order valence-electron chi connectivity index (χ0n) is 14.4. The van der Waals surface area contributed by atoms with Gasteiger partial charge in [0, 0.05) is 17.8 Å². The topological polar surface area (TPSA) is 89.8 Å². The van der Waals surface area contributed by atoms with E-state index >= 15 is 0 Å². The second-order valence-corrected chi connectivity index (χ2v) is 6.38. The van der Waals surface area contributed by atoms with Crippen LogP contribution < -0.4 is 16.8 Å². The molecule has 0 bridgehead atoms. The highest BCUT2D eigenvalue weighted by atomic mass is 15.1. The van der Waals surface area contributed by atoms with E-state index in [4.69, 9.17) is 11.5 Å². The molecule has 2 aromatic carbocycles. The van der Waals surface area contributed by atoms with Gasteiger partial charge in [0.2, 0.25) is 0 Å². The van der Waals surface area contributed by atoms with E-state index in [0.29, 0.717) is 11.6 Å². The summed E-state index contributed by atoms with van der Waals surface area (Å²) in [5.74, 6) is 1.02. The molecule has 5 N–H and O–H groups in total. The first kappa shape index (κ1) is 16.1. The fourth-order valence-electron chi connectivity index (χ4n) is 3.23. The van der Waals surface area contributed by atoms with E-state index in [9.17, 15) is 0 Å². The maximum atomic E-state index is 5.99. The number of rotatable bonds is 5. The van der Waals surface area contributed by atoms with Crippen molar-refractivity contribution in [1.82, 2.24) is 9.97 Å². The summed E-state index contributed by atoms with van der Waals surface area (Å²) in [7, 11) is 0. The van der Waals surface area contributed by atoms with Crippen molar-refractivity contribution >= 4 is 22.9 Å². The van der Waals surface area contributed by atoms with Gasteiger partial charge in [-0.15, -0.1) is 0 Å². The van der Waals surface area contributed by atoms with Gasteiger partial charge in [-0.25, -0.2) is 9.97 Å². The molecule has 1 aromatic heterocycles. The van der Waals surface area contributed by atoms with Crippen LogP contribution in [0.15, 0.2) is 60.8 Å². The van der Waals surface area contributed by atoms with Crippen molar-refractivity contribution < 1.29 is 0 Å². The minimum atomic E-state index is 0.407. The first-order chi connectivity index (χ1) is 12.7. The summed E-state index contributed by atoms with van der Waals surface area (Å²) in [6.45, 7) is 0.754. The number of aromatic nitrogens is 2. The molecule has 0 fully saturated rings. The molecule has 130 valence electrons. The van der Waals surface area contributed by atoms with Crippen molar-refractivity contribution in [2.24, 2.45) is 0 Å². The molecule has 0 spiro atoms. The van der Waals surface area contributed by atoms with E-state index < -0.39 is 0 Å². The molecular weight excluding hydrogens is 322 g/mol. The monoisotopic (exact) mass is 343 g/mol. The van der Waals surface area contributed by atoms with Crippen LogP contribution in [0.25, 0.3) is 16.8 Å². The fourth-order valence-corrected chi connectivity index (χ4v) is 3.23. The van der Waals surface area contributed by atoms with E-state index in [1.807, 2.05) is 24.3 Å². The van der Waals surface area contributed by atoms with E-state index in [2.05, 4.69) is 45.6 Å². The number of nitrogens with one attached hydrogen (secondary N) is 1. The van der Waals surface area contributed by atoms with Crippen molar-refractivity contribution in [2.75, 3.05) is 23.3 Å². The van der Waals surface area contributed by atoms with Crippen LogP contribution in [-0.2, 0) is 6.42 Å². The quantitative estimate of drug-likeness (QED) is 0.614. The molecule has 0 atom stereocenters. The molecule has 3 aromatic rings. The molecule has 4 rings (SSSR count). The average Bonchev–Trinajstić information content (AvgIpc) is 3.07. The molecule has 0 saturated heterocycles. The van der Waals surface area contributed by atoms with Gasteiger partial charge >= 0.3 is 0 Å². The van der Waals surface area contributed by atoms with Gasteiger partial charge in [0.15, 0.2) is 11.6 Å². The Kier molecular flexibility index (Phi) is 4.27. The molecule has 0 amide bonds. The molecule has 0 radical (unpaired) electrons. The van der Waals surface area contributed by atoms with Crippen molar-refractivity contribution in [3.8, 4) is 11.3 Å². The lowest BCUT2D eigenvalue weighted by Gasteiger charge is -2.11. The van der Waals surface area contributed by atoms with E-state index in [-0.39, 0.29) is 0 Å². The number of allylic oxidation sites excluding steroid dienone is 1. The largest absolute Gasteiger partial charge is 0.399 e. The maximum Gasteiger partial charge on any atom is 0.169 e. The zero-order valence-corrected chi connectivity index (χ0v) is 14.4. The Labute approximate surface area is 152 Å². The predicted octanol–water partition coefficient (Wildman–Crippen LogP) is 3.75. The number of nitrogens with zero attached hydrogens (tertiary/aromatic N) is 2. The van der Waals surface area contributed by atoms with Crippen LogP contribution in [-0.4, -0.2) is 16.5 Å². The summed E-state index contributed by atoms with van der Waals surface area (Å²) in [4.78, 5) is 8.89. The van der Waals surface area contributed by atoms with Crippen LogP contribution in [0.3, 0.4) is 0 Å². The van der Waals surface area contributed by atoms with Crippen LogP contribution >= 0.6 is 0 Å². The number of hydrogen-bond donors (Lipinski definition) is 3. The van der Waals surface area contributed by atoms with Crippen LogP contribution in [0.5, 0.6) is 0 Å². The second-order valence-electron chi connectivity index (χ2n) is 6.38.